The molecule has 4 nitrogen and oxygen atoms in total. The van der Waals surface area contributed by atoms with E-state index in [1.54, 1.807) is 18.2 Å². The minimum Gasteiger partial charge on any atom is -0.492 e. The topological polar surface area (TPSA) is 63.6 Å². The fourth-order valence-electron chi connectivity index (χ4n) is 1.87. The Morgan fingerprint density at radius 3 is 2.75 bits per heavy atom. The molecule has 1 aromatic rings. The molecule has 16 heavy (non-hydrogen) atoms. The van der Waals surface area contributed by atoms with Gasteiger partial charge in [-0.25, -0.2) is 0 Å². The third-order valence-electron chi connectivity index (χ3n) is 2.71. The highest BCUT2D eigenvalue weighted by molar-refractivity contribution is 7.85. The molecule has 0 saturated carbocycles. The van der Waals surface area contributed by atoms with Gasteiger partial charge in [0.15, 0.2) is 0 Å². The lowest BCUT2D eigenvalue weighted by Crippen LogP contribution is -2.18. The summed E-state index contributed by atoms with van der Waals surface area (Å²) in [4.78, 5) is 0. The van der Waals surface area contributed by atoms with Crippen molar-refractivity contribution in [1.29, 1.82) is 0 Å². The highest BCUT2D eigenvalue weighted by Crippen LogP contribution is 2.38. The molecule has 0 bridgehead atoms. The Morgan fingerprint density at radius 2 is 2.12 bits per heavy atom. The van der Waals surface area contributed by atoms with Crippen LogP contribution in [0.15, 0.2) is 18.2 Å². The van der Waals surface area contributed by atoms with E-state index in [9.17, 15) is 8.42 Å². The van der Waals surface area contributed by atoms with E-state index < -0.39 is 10.1 Å². The van der Waals surface area contributed by atoms with Crippen molar-refractivity contribution in [2.75, 3.05) is 6.61 Å². The number of hydrogen-bond donors (Lipinski definition) is 1. The van der Waals surface area contributed by atoms with E-state index >= 15 is 0 Å². The fourth-order valence-corrected chi connectivity index (χ4v) is 2.47. The van der Waals surface area contributed by atoms with Crippen LogP contribution in [0.5, 0.6) is 5.75 Å². The molecule has 0 aliphatic carbocycles. The Labute approximate surface area is 95.0 Å². The van der Waals surface area contributed by atoms with Crippen LogP contribution in [0.4, 0.5) is 0 Å². The molecule has 0 unspecified atom stereocenters. The van der Waals surface area contributed by atoms with E-state index in [0.717, 1.165) is 11.3 Å². The number of benzene rings is 1. The first-order chi connectivity index (χ1) is 7.28. The lowest BCUT2D eigenvalue weighted by Gasteiger charge is -2.15. The molecular formula is C11H14O4S. The highest BCUT2D eigenvalue weighted by atomic mass is 32.2. The van der Waals surface area contributed by atoms with Gasteiger partial charge in [-0.1, -0.05) is 26.0 Å². The summed E-state index contributed by atoms with van der Waals surface area (Å²) in [5.41, 5.74) is 1.47. The maximum Gasteiger partial charge on any atom is 0.269 e. The Morgan fingerprint density at radius 1 is 1.44 bits per heavy atom. The summed E-state index contributed by atoms with van der Waals surface area (Å²) in [6.45, 7) is 4.67. The molecule has 1 heterocycles. The van der Waals surface area contributed by atoms with Crippen molar-refractivity contribution in [2.45, 2.75) is 25.0 Å². The van der Waals surface area contributed by atoms with Crippen LogP contribution in [-0.4, -0.2) is 19.6 Å². The predicted octanol–water partition coefficient (Wildman–Crippen LogP) is 1.74. The molecule has 88 valence electrons. The van der Waals surface area contributed by atoms with Crippen LogP contribution < -0.4 is 4.74 Å². The van der Waals surface area contributed by atoms with Gasteiger partial charge in [-0.15, -0.1) is 0 Å². The van der Waals surface area contributed by atoms with Gasteiger partial charge in [0.25, 0.3) is 10.1 Å². The van der Waals surface area contributed by atoms with Gasteiger partial charge in [0, 0.05) is 11.0 Å². The first-order valence-electron chi connectivity index (χ1n) is 4.99. The van der Waals surface area contributed by atoms with Crippen LogP contribution in [0, 0.1) is 0 Å². The largest absolute Gasteiger partial charge is 0.492 e. The summed E-state index contributed by atoms with van der Waals surface area (Å²) >= 11 is 0. The molecule has 0 saturated heterocycles. The van der Waals surface area contributed by atoms with Gasteiger partial charge in [0.05, 0.1) is 6.61 Å². The summed E-state index contributed by atoms with van der Waals surface area (Å²) in [5, 5.41) is 0. The summed E-state index contributed by atoms with van der Waals surface area (Å²) in [5.74, 6) is 0.445. The molecule has 1 N–H and O–H groups in total. The third kappa shape index (κ3) is 2.20. The zero-order valence-electron chi connectivity index (χ0n) is 9.23. The van der Waals surface area contributed by atoms with Crippen LogP contribution in [0.1, 0.15) is 25.0 Å². The standard InChI is InChI=1S/C11H14O4S/c1-11(2)7-15-10-4-3-8(5-9(10)11)6-16(12,13)14/h3-5H,6-7H2,1-2H3,(H,12,13,14). The molecule has 1 aliphatic rings. The van der Waals surface area contributed by atoms with Gasteiger partial charge in [-0.05, 0) is 11.6 Å². The van der Waals surface area contributed by atoms with Crippen molar-refractivity contribution in [1.82, 2.24) is 0 Å². The van der Waals surface area contributed by atoms with Gasteiger partial charge in [-0.2, -0.15) is 8.42 Å². The molecular weight excluding hydrogens is 228 g/mol. The number of fused-ring (bicyclic) bond motifs is 1. The minimum absolute atomic E-state index is 0.107. The van der Waals surface area contributed by atoms with Crippen LogP contribution >= 0.6 is 0 Å². The quantitative estimate of drug-likeness (QED) is 0.802. The summed E-state index contributed by atoms with van der Waals surface area (Å²) in [7, 11) is -3.97. The van der Waals surface area contributed by atoms with Gasteiger partial charge < -0.3 is 4.74 Å². The average molecular weight is 242 g/mol. The molecule has 0 amide bonds. The molecule has 2 rings (SSSR count). The summed E-state index contributed by atoms with van der Waals surface area (Å²) < 4.78 is 35.9. The molecule has 0 fully saturated rings. The smallest absolute Gasteiger partial charge is 0.269 e. The van der Waals surface area contributed by atoms with Gasteiger partial charge in [0.2, 0.25) is 0 Å². The van der Waals surface area contributed by atoms with Crippen molar-refractivity contribution in [3.05, 3.63) is 29.3 Å². The molecule has 0 radical (unpaired) electrons. The van der Waals surface area contributed by atoms with E-state index in [4.69, 9.17) is 9.29 Å². The van der Waals surface area contributed by atoms with Crippen molar-refractivity contribution in [3.63, 3.8) is 0 Å². The zero-order chi connectivity index (χ0) is 12.0. The normalized spacial score (nSPS) is 17.9. The maximum absolute atomic E-state index is 10.8. The van der Waals surface area contributed by atoms with Crippen molar-refractivity contribution < 1.29 is 17.7 Å². The number of hydrogen-bond acceptors (Lipinski definition) is 3. The van der Waals surface area contributed by atoms with Crippen LogP contribution in [-0.2, 0) is 21.3 Å². The SMILES string of the molecule is CC1(C)COc2ccc(CS(=O)(=O)O)cc21. The van der Waals surface area contributed by atoms with Gasteiger partial charge in [0.1, 0.15) is 11.5 Å². The Hall–Kier alpha value is -1.07. The van der Waals surface area contributed by atoms with Gasteiger partial charge >= 0.3 is 0 Å². The first kappa shape index (κ1) is 11.4. The lowest BCUT2D eigenvalue weighted by atomic mass is 9.86. The Bertz CT molecular complexity index is 517. The number of ether oxygens (including phenoxy) is 1. The molecule has 1 aliphatic heterocycles. The minimum atomic E-state index is -3.97. The first-order valence-corrected chi connectivity index (χ1v) is 6.60. The van der Waals surface area contributed by atoms with E-state index in [-0.39, 0.29) is 11.2 Å². The zero-order valence-corrected chi connectivity index (χ0v) is 10.0. The van der Waals surface area contributed by atoms with Crippen molar-refractivity contribution in [3.8, 4) is 5.75 Å². The summed E-state index contributed by atoms with van der Waals surface area (Å²) in [6.07, 6.45) is 0. The Balaban J connectivity index is 2.40. The van der Waals surface area contributed by atoms with Crippen LogP contribution in [0.3, 0.4) is 0 Å². The molecule has 0 atom stereocenters. The molecule has 0 spiro atoms. The van der Waals surface area contributed by atoms with E-state index in [0.29, 0.717) is 12.2 Å². The van der Waals surface area contributed by atoms with Gasteiger partial charge in [-0.3, -0.25) is 4.55 Å². The molecule has 0 aromatic heterocycles. The number of rotatable bonds is 2. The van der Waals surface area contributed by atoms with E-state index in [1.165, 1.54) is 0 Å². The predicted molar refractivity (Wildman–Crippen MR) is 60.2 cm³/mol. The lowest BCUT2D eigenvalue weighted by molar-refractivity contribution is 0.291. The van der Waals surface area contributed by atoms with Crippen molar-refractivity contribution in [2.24, 2.45) is 0 Å². The summed E-state index contributed by atoms with van der Waals surface area (Å²) in [6, 6.07) is 5.20. The molecule has 1 aromatic carbocycles. The Kier molecular flexibility index (Phi) is 2.47. The second-order valence-electron chi connectivity index (χ2n) is 4.73. The third-order valence-corrected chi connectivity index (χ3v) is 3.41. The van der Waals surface area contributed by atoms with Crippen LogP contribution in [0.2, 0.25) is 0 Å². The second kappa shape index (κ2) is 3.46. The van der Waals surface area contributed by atoms with E-state index in [2.05, 4.69) is 0 Å². The van der Waals surface area contributed by atoms with E-state index in [1.807, 2.05) is 13.8 Å². The maximum atomic E-state index is 10.8. The highest BCUT2D eigenvalue weighted by Gasteiger charge is 2.31. The average Bonchev–Trinajstić information content (AvgIpc) is 2.40. The second-order valence-corrected chi connectivity index (χ2v) is 6.18. The van der Waals surface area contributed by atoms with Crippen molar-refractivity contribution >= 4 is 10.1 Å². The van der Waals surface area contributed by atoms with Crippen LogP contribution in [0.25, 0.3) is 0 Å². The fraction of sp³-hybridized carbons (Fsp3) is 0.455. The monoisotopic (exact) mass is 242 g/mol. The molecule has 5 heteroatoms.